The van der Waals surface area contributed by atoms with Crippen molar-refractivity contribution in [3.8, 4) is 11.5 Å². The number of hydrogen-bond acceptors (Lipinski definition) is 5. The van der Waals surface area contributed by atoms with Crippen LogP contribution >= 0.6 is 0 Å². The molecule has 0 aliphatic carbocycles. The lowest BCUT2D eigenvalue weighted by atomic mass is 10.2. The summed E-state index contributed by atoms with van der Waals surface area (Å²) in [5, 5.41) is 0. The van der Waals surface area contributed by atoms with E-state index < -0.39 is 0 Å². The Hall–Kier alpha value is -4.26. The fourth-order valence-electron chi connectivity index (χ4n) is 4.22. The van der Waals surface area contributed by atoms with Gasteiger partial charge in [0, 0.05) is 44.6 Å². The van der Waals surface area contributed by atoms with Crippen LogP contribution in [0.2, 0.25) is 0 Å². The van der Waals surface area contributed by atoms with Crippen LogP contribution in [0.25, 0.3) is 11.7 Å². The lowest BCUT2D eigenvalue weighted by molar-refractivity contribution is -0.126. The topological polar surface area (TPSA) is 59.3 Å². The van der Waals surface area contributed by atoms with Crippen molar-refractivity contribution in [3.05, 3.63) is 96.5 Å². The first kappa shape index (κ1) is 22.5. The van der Waals surface area contributed by atoms with Gasteiger partial charge in [0.05, 0.1) is 18.5 Å². The van der Waals surface area contributed by atoms with Gasteiger partial charge in [-0.2, -0.15) is 0 Å². The molecule has 2 aromatic carbocycles. The summed E-state index contributed by atoms with van der Waals surface area (Å²) in [6.07, 6.45) is 7.43. The first-order chi connectivity index (χ1) is 17.2. The van der Waals surface area contributed by atoms with E-state index in [1.54, 1.807) is 13.2 Å². The number of imidazole rings is 1. The van der Waals surface area contributed by atoms with Crippen molar-refractivity contribution in [2.75, 3.05) is 38.2 Å². The third-order valence-corrected chi connectivity index (χ3v) is 6.12. The quantitative estimate of drug-likeness (QED) is 0.379. The van der Waals surface area contributed by atoms with Gasteiger partial charge in [-0.15, -0.1) is 0 Å². The third-order valence-electron chi connectivity index (χ3n) is 6.12. The molecule has 4 aromatic rings. The average Bonchev–Trinajstić information content (AvgIpc) is 3.34. The monoisotopic (exact) mass is 468 g/mol. The molecular weight excluding hydrogens is 440 g/mol. The fourth-order valence-corrected chi connectivity index (χ4v) is 4.22. The predicted molar refractivity (Wildman–Crippen MR) is 137 cm³/mol. The Morgan fingerprint density at radius 2 is 1.74 bits per heavy atom. The summed E-state index contributed by atoms with van der Waals surface area (Å²) in [6, 6.07) is 21.6. The van der Waals surface area contributed by atoms with Gasteiger partial charge in [0.25, 0.3) is 0 Å². The van der Waals surface area contributed by atoms with Crippen molar-refractivity contribution in [1.82, 2.24) is 14.3 Å². The van der Waals surface area contributed by atoms with Gasteiger partial charge in [0.15, 0.2) is 0 Å². The highest BCUT2D eigenvalue weighted by atomic mass is 16.5. The molecule has 5 rings (SSSR count). The number of nitrogens with zero attached hydrogens (tertiary/aromatic N) is 4. The maximum Gasteiger partial charge on any atom is 0.246 e. The molecule has 0 bridgehead atoms. The molecule has 0 spiro atoms. The molecule has 0 unspecified atom stereocenters. The lowest BCUT2D eigenvalue weighted by Gasteiger charge is -2.36. The van der Waals surface area contributed by atoms with Crippen LogP contribution in [0.4, 0.5) is 5.69 Å². The molecular formula is C28H28N4O3. The standard InChI is InChI=1S/C28H28N4O3/c1-34-26-7-3-2-6-25(26)30-16-18-31(19-17-30)28(33)14-11-22-9-12-24(13-10-22)35-21-23-20-32-15-5-4-8-27(32)29-23/h2-15,20H,16-19,21H2,1H3/b14-11+. The maximum absolute atomic E-state index is 12.7. The minimum Gasteiger partial charge on any atom is -0.495 e. The number of carbonyl (C=O) groups excluding carboxylic acids is 1. The van der Waals surface area contributed by atoms with Gasteiger partial charge >= 0.3 is 0 Å². The molecule has 0 N–H and O–H groups in total. The molecule has 1 fully saturated rings. The van der Waals surface area contributed by atoms with E-state index in [0.29, 0.717) is 19.7 Å². The SMILES string of the molecule is COc1ccccc1N1CCN(C(=O)/C=C/c2ccc(OCc3cn4ccccc4n3)cc2)CC1. The van der Waals surface area contributed by atoms with E-state index >= 15 is 0 Å². The molecule has 2 aromatic heterocycles. The van der Waals surface area contributed by atoms with Gasteiger partial charge in [-0.3, -0.25) is 4.79 Å². The summed E-state index contributed by atoms with van der Waals surface area (Å²) < 4.78 is 13.3. The first-order valence-electron chi connectivity index (χ1n) is 11.7. The highest BCUT2D eigenvalue weighted by Gasteiger charge is 2.21. The zero-order valence-electron chi connectivity index (χ0n) is 19.7. The molecule has 0 saturated carbocycles. The highest BCUT2D eigenvalue weighted by molar-refractivity contribution is 5.92. The van der Waals surface area contributed by atoms with Gasteiger partial charge in [0.2, 0.25) is 5.91 Å². The third kappa shape index (κ3) is 5.30. The zero-order valence-corrected chi connectivity index (χ0v) is 19.7. The zero-order chi connectivity index (χ0) is 24.0. The molecule has 0 radical (unpaired) electrons. The van der Waals surface area contributed by atoms with E-state index in [-0.39, 0.29) is 5.91 Å². The molecule has 1 saturated heterocycles. The second-order valence-corrected chi connectivity index (χ2v) is 8.37. The Balaban J connectivity index is 1.12. The molecule has 1 aliphatic rings. The van der Waals surface area contributed by atoms with Crippen LogP contribution in [0.5, 0.6) is 11.5 Å². The van der Waals surface area contributed by atoms with Gasteiger partial charge < -0.3 is 23.7 Å². The number of benzene rings is 2. The van der Waals surface area contributed by atoms with Gasteiger partial charge in [0.1, 0.15) is 23.8 Å². The van der Waals surface area contributed by atoms with Crippen LogP contribution in [0.1, 0.15) is 11.3 Å². The second kappa shape index (κ2) is 10.3. The van der Waals surface area contributed by atoms with Crippen molar-refractivity contribution in [1.29, 1.82) is 0 Å². The Morgan fingerprint density at radius 1 is 0.971 bits per heavy atom. The van der Waals surface area contributed by atoms with Crippen molar-refractivity contribution < 1.29 is 14.3 Å². The number of carbonyl (C=O) groups is 1. The van der Waals surface area contributed by atoms with Crippen molar-refractivity contribution in [2.45, 2.75) is 6.61 Å². The number of fused-ring (bicyclic) bond motifs is 1. The van der Waals surface area contributed by atoms with Gasteiger partial charge in [-0.25, -0.2) is 4.98 Å². The lowest BCUT2D eigenvalue weighted by Crippen LogP contribution is -2.48. The number of anilines is 1. The van der Waals surface area contributed by atoms with Crippen molar-refractivity contribution >= 4 is 23.3 Å². The van der Waals surface area contributed by atoms with E-state index in [1.807, 2.05) is 88.4 Å². The number of para-hydroxylation sites is 2. The smallest absolute Gasteiger partial charge is 0.246 e. The first-order valence-corrected chi connectivity index (χ1v) is 11.7. The molecule has 178 valence electrons. The number of piperazine rings is 1. The number of methoxy groups -OCH3 is 1. The van der Waals surface area contributed by atoms with E-state index in [4.69, 9.17) is 9.47 Å². The van der Waals surface area contributed by atoms with Crippen molar-refractivity contribution in [3.63, 3.8) is 0 Å². The number of amides is 1. The van der Waals surface area contributed by atoms with Crippen molar-refractivity contribution in [2.24, 2.45) is 0 Å². The van der Waals surface area contributed by atoms with Crippen LogP contribution in [0.3, 0.4) is 0 Å². The summed E-state index contributed by atoms with van der Waals surface area (Å²) in [6.45, 7) is 3.31. The fraction of sp³-hybridized carbons (Fsp3) is 0.214. The normalized spacial score (nSPS) is 14.0. The summed E-state index contributed by atoms with van der Waals surface area (Å²) in [4.78, 5) is 21.4. The van der Waals surface area contributed by atoms with Crippen LogP contribution in [-0.2, 0) is 11.4 Å². The maximum atomic E-state index is 12.7. The number of pyridine rings is 1. The molecule has 35 heavy (non-hydrogen) atoms. The minimum atomic E-state index is 0.0249. The summed E-state index contributed by atoms with van der Waals surface area (Å²) >= 11 is 0. The summed E-state index contributed by atoms with van der Waals surface area (Å²) in [5.41, 5.74) is 3.79. The van der Waals surface area contributed by atoms with E-state index in [2.05, 4.69) is 16.0 Å². The van der Waals surface area contributed by atoms with Crippen LogP contribution in [-0.4, -0.2) is 53.5 Å². The Kier molecular flexibility index (Phi) is 6.66. The number of rotatable bonds is 7. The van der Waals surface area contributed by atoms with E-state index in [1.165, 1.54) is 0 Å². The van der Waals surface area contributed by atoms with E-state index in [9.17, 15) is 4.79 Å². The van der Waals surface area contributed by atoms with Gasteiger partial charge in [-0.05, 0) is 48.0 Å². The Labute approximate surface area is 204 Å². The molecule has 7 heteroatoms. The average molecular weight is 469 g/mol. The van der Waals surface area contributed by atoms with Crippen LogP contribution in [0.15, 0.2) is 85.2 Å². The van der Waals surface area contributed by atoms with Crippen LogP contribution < -0.4 is 14.4 Å². The summed E-state index contributed by atoms with van der Waals surface area (Å²) in [5.74, 6) is 1.65. The highest BCUT2D eigenvalue weighted by Crippen LogP contribution is 2.28. The Bertz CT molecular complexity index is 1290. The molecule has 0 atom stereocenters. The Morgan fingerprint density at radius 3 is 2.51 bits per heavy atom. The molecule has 1 aliphatic heterocycles. The van der Waals surface area contributed by atoms with Gasteiger partial charge in [-0.1, -0.05) is 30.3 Å². The number of hydrogen-bond donors (Lipinski definition) is 0. The van der Waals surface area contributed by atoms with Crippen LogP contribution in [0, 0.1) is 0 Å². The number of aromatic nitrogens is 2. The minimum absolute atomic E-state index is 0.0249. The molecule has 3 heterocycles. The predicted octanol–water partition coefficient (Wildman–Crippen LogP) is 4.28. The van der Waals surface area contributed by atoms with E-state index in [0.717, 1.165) is 47.2 Å². The largest absolute Gasteiger partial charge is 0.495 e. The molecule has 1 amide bonds. The second-order valence-electron chi connectivity index (χ2n) is 8.37. The summed E-state index contributed by atoms with van der Waals surface area (Å²) in [7, 11) is 1.68. The number of ether oxygens (including phenoxy) is 2. The molecule has 7 nitrogen and oxygen atoms in total.